The first-order chi connectivity index (χ1) is 14.4. The Balaban J connectivity index is 1.46. The molecule has 2 aromatic rings. The summed E-state index contributed by atoms with van der Waals surface area (Å²) < 4.78 is 5.65. The third-order valence-corrected chi connectivity index (χ3v) is 6.82. The largest absolute Gasteiger partial charge is 0.491 e. The summed E-state index contributed by atoms with van der Waals surface area (Å²) in [5.41, 5.74) is 4.22. The summed E-state index contributed by atoms with van der Waals surface area (Å²) in [6, 6.07) is 8.40. The van der Waals surface area contributed by atoms with Gasteiger partial charge in [0.25, 0.3) is 5.91 Å². The van der Waals surface area contributed by atoms with E-state index < -0.39 is 0 Å². The number of carbonyl (C=O) groups excluding carboxylic acids is 1. The smallest absolute Gasteiger partial charge is 0.255 e. The molecule has 2 bridgehead atoms. The third kappa shape index (κ3) is 3.80. The number of amides is 1. The van der Waals surface area contributed by atoms with Crippen LogP contribution >= 0.6 is 11.6 Å². The van der Waals surface area contributed by atoms with Crippen LogP contribution in [0.5, 0.6) is 5.75 Å². The van der Waals surface area contributed by atoms with E-state index in [0.29, 0.717) is 23.4 Å². The van der Waals surface area contributed by atoms with Gasteiger partial charge in [-0.2, -0.15) is 0 Å². The van der Waals surface area contributed by atoms with Crippen molar-refractivity contribution >= 4 is 17.5 Å². The Morgan fingerprint density at radius 2 is 2.03 bits per heavy atom. The van der Waals surface area contributed by atoms with Gasteiger partial charge in [-0.1, -0.05) is 17.7 Å². The Labute approximate surface area is 182 Å². The van der Waals surface area contributed by atoms with Gasteiger partial charge in [0.2, 0.25) is 0 Å². The fraction of sp³-hybridized carbons (Fsp3) is 0.478. The number of aliphatic hydroxyl groups excluding tert-OH is 1. The van der Waals surface area contributed by atoms with Crippen LogP contribution in [0.15, 0.2) is 30.5 Å². The number of piperazine rings is 1. The molecule has 0 saturated carbocycles. The number of hydrogen-bond donors (Lipinski definition) is 1. The van der Waals surface area contributed by atoms with Crippen LogP contribution in [0.1, 0.15) is 46.4 Å². The minimum Gasteiger partial charge on any atom is -0.491 e. The molecule has 3 heterocycles. The summed E-state index contributed by atoms with van der Waals surface area (Å²) in [7, 11) is 0. The van der Waals surface area contributed by atoms with Gasteiger partial charge in [0.15, 0.2) is 0 Å². The normalized spacial score (nSPS) is 21.8. The van der Waals surface area contributed by atoms with Gasteiger partial charge < -0.3 is 14.7 Å². The highest BCUT2D eigenvalue weighted by Gasteiger charge is 2.47. The second-order valence-electron chi connectivity index (χ2n) is 8.22. The van der Waals surface area contributed by atoms with Crippen LogP contribution < -0.4 is 4.74 Å². The zero-order valence-corrected chi connectivity index (χ0v) is 18.4. The van der Waals surface area contributed by atoms with E-state index in [1.54, 1.807) is 18.3 Å². The zero-order chi connectivity index (χ0) is 21.4. The molecule has 0 unspecified atom stereocenters. The lowest BCUT2D eigenvalue weighted by atomic mass is 9.96. The maximum Gasteiger partial charge on any atom is 0.255 e. The molecule has 0 aliphatic carbocycles. The van der Waals surface area contributed by atoms with E-state index in [9.17, 15) is 4.79 Å². The number of hydrogen-bond acceptors (Lipinski definition) is 5. The first-order valence-electron chi connectivity index (χ1n) is 10.4. The molecular weight excluding hydrogens is 402 g/mol. The summed E-state index contributed by atoms with van der Waals surface area (Å²) >= 11 is 5.85. The van der Waals surface area contributed by atoms with E-state index in [0.717, 1.165) is 30.8 Å². The lowest BCUT2D eigenvalue weighted by Crippen LogP contribution is -2.49. The fourth-order valence-corrected chi connectivity index (χ4v) is 4.96. The number of benzene rings is 1. The zero-order valence-electron chi connectivity index (χ0n) is 17.6. The molecule has 1 N–H and O–H groups in total. The highest BCUT2D eigenvalue weighted by molar-refractivity contribution is 6.29. The van der Waals surface area contributed by atoms with Gasteiger partial charge in [-0.25, -0.2) is 4.98 Å². The second kappa shape index (κ2) is 8.53. The molecule has 0 radical (unpaired) electrons. The molecular formula is C23H28ClN3O3. The predicted molar refractivity (Wildman–Crippen MR) is 116 cm³/mol. The lowest BCUT2D eigenvalue weighted by molar-refractivity contribution is 0.0568. The van der Waals surface area contributed by atoms with Crippen molar-refractivity contribution in [2.24, 2.45) is 0 Å². The molecule has 3 atom stereocenters. The summed E-state index contributed by atoms with van der Waals surface area (Å²) in [6.07, 6.45) is 2.57. The van der Waals surface area contributed by atoms with Crippen LogP contribution in [-0.4, -0.2) is 64.2 Å². The van der Waals surface area contributed by atoms with Gasteiger partial charge in [-0.3, -0.25) is 9.69 Å². The van der Waals surface area contributed by atoms with Crippen LogP contribution in [0.2, 0.25) is 5.15 Å². The van der Waals surface area contributed by atoms with Gasteiger partial charge in [-0.05, 0) is 62.1 Å². The van der Waals surface area contributed by atoms with Gasteiger partial charge in [0, 0.05) is 37.4 Å². The summed E-state index contributed by atoms with van der Waals surface area (Å²) in [5.74, 6) is 0.866. The van der Waals surface area contributed by atoms with E-state index in [-0.39, 0.29) is 24.6 Å². The van der Waals surface area contributed by atoms with Crippen molar-refractivity contribution < 1.29 is 14.6 Å². The number of ether oxygens (including phenoxy) is 1. The summed E-state index contributed by atoms with van der Waals surface area (Å²) in [5, 5.41) is 9.41. The molecule has 4 rings (SSSR count). The predicted octanol–water partition coefficient (Wildman–Crippen LogP) is 3.38. The Morgan fingerprint density at radius 1 is 1.23 bits per heavy atom. The van der Waals surface area contributed by atoms with Crippen molar-refractivity contribution in [3.8, 4) is 5.75 Å². The summed E-state index contributed by atoms with van der Waals surface area (Å²) in [6.45, 7) is 8.37. The molecule has 1 amide bonds. The van der Waals surface area contributed by atoms with Crippen LogP contribution in [0, 0.1) is 13.8 Å². The van der Waals surface area contributed by atoms with Crippen molar-refractivity contribution in [3.05, 3.63) is 57.9 Å². The quantitative estimate of drug-likeness (QED) is 0.713. The Hall–Kier alpha value is -2.15. The number of pyridine rings is 1. The van der Waals surface area contributed by atoms with Gasteiger partial charge >= 0.3 is 0 Å². The number of likely N-dealkylation sites (tertiary alicyclic amines) is 2. The molecule has 7 heteroatoms. The molecule has 2 aliphatic rings. The van der Waals surface area contributed by atoms with E-state index in [2.05, 4.69) is 36.7 Å². The highest BCUT2D eigenvalue weighted by atomic mass is 35.5. The molecule has 160 valence electrons. The number of carbonyl (C=O) groups is 1. The Morgan fingerprint density at radius 3 is 2.67 bits per heavy atom. The number of aromatic nitrogens is 1. The molecule has 2 fully saturated rings. The standard InChI is InChI=1S/C23H28ClN3O3/c1-14-15(2)21(30-9-8-28)6-5-20(14)16(3)26-12-19-10-18(26)13-27(19)23(29)17-4-7-22(24)25-11-17/h4-7,11,16,18-19,28H,8-10,12-13H2,1-3H3/t16-,18+,19+/m0/s1. The number of fused-ring (bicyclic) bond motifs is 2. The molecule has 6 nitrogen and oxygen atoms in total. The monoisotopic (exact) mass is 429 g/mol. The number of aliphatic hydroxyl groups is 1. The van der Waals surface area contributed by atoms with E-state index in [1.807, 2.05) is 11.0 Å². The number of nitrogens with zero attached hydrogens (tertiary/aromatic N) is 3. The molecule has 2 aliphatic heterocycles. The number of rotatable bonds is 6. The molecule has 1 aromatic heterocycles. The van der Waals surface area contributed by atoms with Gasteiger partial charge in [0.1, 0.15) is 17.5 Å². The minimum absolute atomic E-state index is 0.00872. The highest BCUT2D eigenvalue weighted by Crippen LogP contribution is 2.39. The molecule has 2 saturated heterocycles. The lowest BCUT2D eigenvalue weighted by Gasteiger charge is -2.38. The maximum absolute atomic E-state index is 12.9. The Kier molecular flexibility index (Phi) is 6.00. The van der Waals surface area contributed by atoms with E-state index >= 15 is 0 Å². The van der Waals surface area contributed by atoms with E-state index in [4.69, 9.17) is 21.4 Å². The van der Waals surface area contributed by atoms with Crippen molar-refractivity contribution in [2.75, 3.05) is 26.3 Å². The third-order valence-electron chi connectivity index (χ3n) is 6.59. The van der Waals surface area contributed by atoms with Crippen LogP contribution in [0.25, 0.3) is 0 Å². The number of halogens is 1. The van der Waals surface area contributed by atoms with Crippen molar-refractivity contribution in [1.29, 1.82) is 0 Å². The van der Waals surface area contributed by atoms with Crippen molar-refractivity contribution in [1.82, 2.24) is 14.8 Å². The van der Waals surface area contributed by atoms with Crippen LogP contribution in [0.4, 0.5) is 0 Å². The van der Waals surface area contributed by atoms with Crippen LogP contribution in [-0.2, 0) is 0 Å². The second-order valence-corrected chi connectivity index (χ2v) is 8.61. The van der Waals surface area contributed by atoms with Crippen molar-refractivity contribution in [3.63, 3.8) is 0 Å². The van der Waals surface area contributed by atoms with E-state index in [1.165, 1.54) is 11.1 Å². The molecule has 30 heavy (non-hydrogen) atoms. The fourth-order valence-electron chi connectivity index (χ4n) is 4.85. The average molecular weight is 430 g/mol. The molecule has 1 aromatic carbocycles. The Bertz CT molecular complexity index is 934. The van der Waals surface area contributed by atoms with Gasteiger partial charge in [-0.15, -0.1) is 0 Å². The molecule has 0 spiro atoms. The summed E-state index contributed by atoms with van der Waals surface area (Å²) in [4.78, 5) is 21.5. The SMILES string of the molecule is Cc1c(OCCO)ccc([C@H](C)N2C[C@H]3C[C@@H]2CN3C(=O)c2ccc(Cl)nc2)c1C. The van der Waals surface area contributed by atoms with Gasteiger partial charge in [0.05, 0.1) is 12.2 Å². The first-order valence-corrected chi connectivity index (χ1v) is 10.8. The average Bonchev–Trinajstić information content (AvgIpc) is 3.35. The topological polar surface area (TPSA) is 65.9 Å². The first kappa shape index (κ1) is 21.1. The maximum atomic E-state index is 12.9. The minimum atomic E-state index is 0.00872. The van der Waals surface area contributed by atoms with Crippen LogP contribution in [0.3, 0.4) is 0 Å². The van der Waals surface area contributed by atoms with Crippen molar-refractivity contribution in [2.45, 2.75) is 45.3 Å².